The van der Waals surface area contributed by atoms with Crippen LogP contribution < -0.4 is 5.32 Å². The van der Waals surface area contributed by atoms with Crippen molar-refractivity contribution in [2.75, 3.05) is 26.9 Å². The van der Waals surface area contributed by atoms with Crippen LogP contribution in [0.5, 0.6) is 0 Å². The lowest BCUT2D eigenvalue weighted by molar-refractivity contribution is 0.0930. The molecule has 2 aromatic carbocycles. The molecule has 0 saturated carbocycles. The van der Waals surface area contributed by atoms with Crippen molar-refractivity contribution in [3.8, 4) is 0 Å². The molecule has 25 heavy (non-hydrogen) atoms. The first-order valence-corrected chi connectivity index (χ1v) is 9.95. The fourth-order valence-electron chi connectivity index (χ4n) is 2.43. The van der Waals surface area contributed by atoms with Gasteiger partial charge in [-0.2, -0.15) is 0 Å². The van der Waals surface area contributed by atoms with Crippen molar-refractivity contribution in [1.29, 1.82) is 0 Å². The normalized spacial score (nSPS) is 12.8. The minimum absolute atomic E-state index is 0.0610. The highest BCUT2D eigenvalue weighted by atomic mass is 35.5. The van der Waals surface area contributed by atoms with E-state index < -0.39 is 15.7 Å². The van der Waals surface area contributed by atoms with Gasteiger partial charge in [-0.05, 0) is 37.9 Å². The first kappa shape index (κ1) is 19.4. The van der Waals surface area contributed by atoms with Gasteiger partial charge in [0.1, 0.15) is 0 Å². The van der Waals surface area contributed by atoms with E-state index in [0.717, 1.165) is 11.8 Å². The number of benzene rings is 2. The SMILES string of the molecule is CN(C)CC(NC(=O)c1cc(S(C)(=O)=O)ccc1Cl)c1ccccc1. The van der Waals surface area contributed by atoms with Gasteiger partial charge in [0, 0.05) is 12.8 Å². The Morgan fingerprint density at radius 1 is 1.16 bits per heavy atom. The van der Waals surface area contributed by atoms with E-state index in [2.05, 4.69) is 5.32 Å². The summed E-state index contributed by atoms with van der Waals surface area (Å²) in [5, 5.41) is 3.15. The Morgan fingerprint density at radius 3 is 2.36 bits per heavy atom. The second-order valence-electron chi connectivity index (χ2n) is 6.11. The monoisotopic (exact) mass is 380 g/mol. The van der Waals surface area contributed by atoms with E-state index in [1.54, 1.807) is 0 Å². The maximum absolute atomic E-state index is 12.7. The van der Waals surface area contributed by atoms with Gasteiger partial charge in [0.05, 0.1) is 21.5 Å². The molecule has 0 aromatic heterocycles. The number of amides is 1. The molecule has 2 aromatic rings. The molecule has 0 spiro atoms. The van der Waals surface area contributed by atoms with Gasteiger partial charge in [-0.25, -0.2) is 8.42 Å². The van der Waals surface area contributed by atoms with Crippen molar-refractivity contribution >= 4 is 27.3 Å². The molecular formula is C18H21ClN2O3S. The predicted octanol–water partition coefficient (Wildman–Crippen LogP) is 2.78. The molecule has 1 amide bonds. The first-order chi connectivity index (χ1) is 11.7. The van der Waals surface area contributed by atoms with Gasteiger partial charge >= 0.3 is 0 Å². The standard InChI is InChI=1S/C18H21ClN2O3S/c1-21(2)12-17(13-7-5-4-6-8-13)20-18(22)15-11-14(25(3,23)24)9-10-16(15)19/h4-11,17H,12H2,1-3H3,(H,20,22). The quantitative estimate of drug-likeness (QED) is 0.836. The molecule has 5 nitrogen and oxygen atoms in total. The molecule has 0 aliphatic heterocycles. The lowest BCUT2D eigenvalue weighted by atomic mass is 10.1. The Labute approximate surface area is 153 Å². The number of hydrogen-bond donors (Lipinski definition) is 1. The average molecular weight is 381 g/mol. The Morgan fingerprint density at radius 2 is 1.80 bits per heavy atom. The van der Waals surface area contributed by atoms with Gasteiger partial charge in [-0.15, -0.1) is 0 Å². The summed E-state index contributed by atoms with van der Waals surface area (Å²) >= 11 is 6.11. The van der Waals surface area contributed by atoms with Crippen LogP contribution in [0.4, 0.5) is 0 Å². The number of sulfone groups is 1. The van der Waals surface area contributed by atoms with E-state index in [1.807, 2.05) is 49.3 Å². The van der Waals surface area contributed by atoms with Crippen molar-refractivity contribution in [3.63, 3.8) is 0 Å². The number of hydrogen-bond acceptors (Lipinski definition) is 4. The molecular weight excluding hydrogens is 360 g/mol. The van der Waals surface area contributed by atoms with Gasteiger partial charge in [-0.3, -0.25) is 4.79 Å². The highest BCUT2D eigenvalue weighted by Crippen LogP contribution is 2.22. The zero-order valence-electron chi connectivity index (χ0n) is 14.4. The van der Waals surface area contributed by atoms with Crippen LogP contribution in [-0.4, -0.2) is 46.1 Å². The van der Waals surface area contributed by atoms with Crippen molar-refractivity contribution in [1.82, 2.24) is 10.2 Å². The van der Waals surface area contributed by atoms with Crippen LogP contribution in [0, 0.1) is 0 Å². The Bertz CT molecular complexity index is 852. The molecule has 0 aliphatic carbocycles. The van der Waals surface area contributed by atoms with Crippen LogP contribution in [-0.2, 0) is 9.84 Å². The number of carbonyl (C=O) groups is 1. The van der Waals surface area contributed by atoms with Crippen LogP contribution in [0.1, 0.15) is 22.0 Å². The second kappa shape index (κ2) is 7.99. The van der Waals surface area contributed by atoms with E-state index in [-0.39, 0.29) is 21.5 Å². The van der Waals surface area contributed by atoms with Crippen molar-refractivity contribution in [2.45, 2.75) is 10.9 Å². The van der Waals surface area contributed by atoms with Gasteiger partial charge in [0.15, 0.2) is 9.84 Å². The molecule has 0 radical (unpaired) electrons. The lowest BCUT2D eigenvalue weighted by Crippen LogP contribution is -2.35. The predicted molar refractivity (Wildman–Crippen MR) is 99.8 cm³/mol. The lowest BCUT2D eigenvalue weighted by Gasteiger charge is -2.23. The summed E-state index contributed by atoms with van der Waals surface area (Å²) in [7, 11) is 0.410. The molecule has 1 atom stereocenters. The molecule has 134 valence electrons. The van der Waals surface area contributed by atoms with Crippen LogP contribution in [0.15, 0.2) is 53.4 Å². The van der Waals surface area contributed by atoms with E-state index >= 15 is 0 Å². The maximum atomic E-state index is 12.7. The van der Waals surface area contributed by atoms with Crippen LogP contribution in [0.3, 0.4) is 0 Å². The first-order valence-electron chi connectivity index (χ1n) is 7.68. The third-order valence-electron chi connectivity index (χ3n) is 3.67. The summed E-state index contributed by atoms with van der Waals surface area (Å²) < 4.78 is 23.5. The van der Waals surface area contributed by atoms with Gasteiger partial charge in [0.25, 0.3) is 5.91 Å². The summed E-state index contributed by atoms with van der Waals surface area (Å²) in [6.07, 6.45) is 1.09. The van der Waals surface area contributed by atoms with E-state index in [4.69, 9.17) is 11.6 Å². The van der Waals surface area contributed by atoms with E-state index in [1.165, 1.54) is 18.2 Å². The third kappa shape index (κ3) is 5.29. The molecule has 0 saturated heterocycles. The summed E-state index contributed by atoms with van der Waals surface area (Å²) in [5.41, 5.74) is 1.10. The van der Waals surface area contributed by atoms with Crippen molar-refractivity contribution < 1.29 is 13.2 Å². The number of likely N-dealkylation sites (N-methyl/N-ethyl adjacent to an activating group) is 1. The highest BCUT2D eigenvalue weighted by molar-refractivity contribution is 7.90. The number of nitrogens with zero attached hydrogens (tertiary/aromatic N) is 1. The topological polar surface area (TPSA) is 66.5 Å². The minimum atomic E-state index is -3.42. The largest absolute Gasteiger partial charge is 0.344 e. The molecule has 1 unspecified atom stereocenters. The summed E-state index contributed by atoms with van der Waals surface area (Å²) in [5.74, 6) is -0.411. The second-order valence-corrected chi connectivity index (χ2v) is 8.54. The minimum Gasteiger partial charge on any atom is -0.344 e. The Hall–Kier alpha value is -1.89. The van der Waals surface area contributed by atoms with Crippen LogP contribution >= 0.6 is 11.6 Å². The smallest absolute Gasteiger partial charge is 0.253 e. The average Bonchev–Trinajstić information content (AvgIpc) is 2.53. The van der Waals surface area contributed by atoms with Gasteiger partial charge < -0.3 is 10.2 Å². The number of nitrogens with one attached hydrogen (secondary N) is 1. The molecule has 0 fully saturated rings. The maximum Gasteiger partial charge on any atom is 0.253 e. The molecule has 0 heterocycles. The van der Waals surface area contributed by atoms with Gasteiger partial charge in [0.2, 0.25) is 0 Å². The zero-order valence-corrected chi connectivity index (χ0v) is 15.9. The highest BCUT2D eigenvalue weighted by Gasteiger charge is 2.20. The van der Waals surface area contributed by atoms with E-state index in [9.17, 15) is 13.2 Å². The Balaban J connectivity index is 2.32. The number of halogens is 1. The molecule has 0 aliphatic rings. The van der Waals surface area contributed by atoms with Crippen molar-refractivity contribution in [2.24, 2.45) is 0 Å². The van der Waals surface area contributed by atoms with Gasteiger partial charge in [-0.1, -0.05) is 41.9 Å². The van der Waals surface area contributed by atoms with Crippen LogP contribution in [0.25, 0.3) is 0 Å². The molecule has 1 N–H and O–H groups in total. The van der Waals surface area contributed by atoms with Crippen LogP contribution in [0.2, 0.25) is 5.02 Å². The summed E-state index contributed by atoms with van der Waals surface area (Å²) in [6.45, 7) is 0.596. The fourth-order valence-corrected chi connectivity index (χ4v) is 3.28. The third-order valence-corrected chi connectivity index (χ3v) is 5.11. The summed E-state index contributed by atoms with van der Waals surface area (Å²) in [4.78, 5) is 14.7. The molecule has 2 rings (SSSR count). The number of carbonyl (C=O) groups excluding carboxylic acids is 1. The molecule has 7 heteroatoms. The van der Waals surface area contributed by atoms with E-state index in [0.29, 0.717) is 6.54 Å². The number of rotatable bonds is 6. The Kier molecular flexibility index (Phi) is 6.21. The zero-order chi connectivity index (χ0) is 18.6. The summed E-state index contributed by atoms with van der Waals surface area (Å²) in [6, 6.07) is 13.5. The fraction of sp³-hybridized carbons (Fsp3) is 0.278. The van der Waals surface area contributed by atoms with Crippen molar-refractivity contribution in [3.05, 3.63) is 64.7 Å². The molecule has 0 bridgehead atoms.